The van der Waals surface area contributed by atoms with Crippen molar-refractivity contribution >= 4 is 11.4 Å². The molecule has 0 atom stereocenters. The van der Waals surface area contributed by atoms with Gasteiger partial charge in [0.05, 0.1) is 16.2 Å². The highest BCUT2D eigenvalue weighted by Crippen LogP contribution is 2.29. The van der Waals surface area contributed by atoms with E-state index in [0.717, 1.165) is 0 Å². The van der Waals surface area contributed by atoms with E-state index in [1.165, 1.54) is 18.2 Å². The summed E-state index contributed by atoms with van der Waals surface area (Å²) >= 11 is 0. The molecule has 0 aliphatic heterocycles. The fraction of sp³-hybridized carbons (Fsp3) is 0.385. The van der Waals surface area contributed by atoms with Gasteiger partial charge in [-0.1, -0.05) is 25.9 Å². The Labute approximate surface area is 115 Å². The Balaban J connectivity index is 2.31. The van der Waals surface area contributed by atoms with Gasteiger partial charge in [0.1, 0.15) is 0 Å². The van der Waals surface area contributed by atoms with Crippen LogP contribution in [0.15, 0.2) is 22.7 Å². The Bertz CT molecular complexity index is 643. The molecule has 2 aromatic rings. The number of nitro benzene ring substituents is 1. The number of nitrogen functional groups attached to an aromatic ring is 1. The molecule has 0 amide bonds. The van der Waals surface area contributed by atoms with E-state index in [1.807, 2.05) is 0 Å². The monoisotopic (exact) mass is 276 g/mol. The molecule has 0 fully saturated rings. The van der Waals surface area contributed by atoms with Crippen LogP contribution in [0, 0.1) is 15.5 Å². The summed E-state index contributed by atoms with van der Waals surface area (Å²) in [4.78, 5) is 14.4. The average molecular weight is 276 g/mol. The summed E-state index contributed by atoms with van der Waals surface area (Å²) in [5.74, 6) is 0.863. The summed E-state index contributed by atoms with van der Waals surface area (Å²) in [5.41, 5.74) is 6.51. The zero-order valence-corrected chi connectivity index (χ0v) is 11.6. The number of nitro groups is 1. The van der Waals surface area contributed by atoms with Crippen molar-refractivity contribution < 1.29 is 9.45 Å². The van der Waals surface area contributed by atoms with Gasteiger partial charge < -0.3 is 10.3 Å². The molecule has 0 bridgehead atoms. The number of non-ortho nitro benzene ring substituents is 1. The molecule has 0 aliphatic carbocycles. The lowest BCUT2D eigenvalue weighted by atomic mass is 9.92. The van der Waals surface area contributed by atoms with Crippen LogP contribution < -0.4 is 5.73 Å². The third kappa shape index (κ3) is 3.11. The van der Waals surface area contributed by atoms with Crippen LogP contribution in [0.4, 0.5) is 11.4 Å². The normalized spacial score (nSPS) is 11.6. The van der Waals surface area contributed by atoms with E-state index in [1.54, 1.807) is 0 Å². The van der Waals surface area contributed by atoms with Crippen molar-refractivity contribution in [2.75, 3.05) is 5.73 Å². The number of nitrogens with zero attached hydrogens (tertiary/aromatic N) is 3. The molecule has 20 heavy (non-hydrogen) atoms. The van der Waals surface area contributed by atoms with Crippen molar-refractivity contribution in [3.05, 3.63) is 34.1 Å². The number of nitrogens with two attached hydrogens (primary N) is 1. The fourth-order valence-electron chi connectivity index (χ4n) is 1.77. The Kier molecular flexibility index (Phi) is 3.44. The van der Waals surface area contributed by atoms with Crippen molar-refractivity contribution in [3.8, 4) is 11.5 Å². The second-order valence-electron chi connectivity index (χ2n) is 5.78. The molecule has 7 heteroatoms. The Morgan fingerprint density at radius 2 is 2.10 bits per heavy atom. The lowest BCUT2D eigenvalue weighted by molar-refractivity contribution is -0.384. The van der Waals surface area contributed by atoms with Crippen LogP contribution in [0.3, 0.4) is 0 Å². The largest absolute Gasteiger partial charge is 0.398 e. The number of rotatable bonds is 3. The van der Waals surface area contributed by atoms with E-state index < -0.39 is 4.92 Å². The van der Waals surface area contributed by atoms with Crippen molar-refractivity contribution in [2.24, 2.45) is 5.41 Å². The first-order valence-electron chi connectivity index (χ1n) is 6.13. The van der Waals surface area contributed by atoms with Crippen molar-refractivity contribution in [1.29, 1.82) is 0 Å². The van der Waals surface area contributed by atoms with Crippen LogP contribution in [0.25, 0.3) is 11.5 Å². The molecular formula is C13H16N4O3. The molecule has 0 saturated heterocycles. The summed E-state index contributed by atoms with van der Waals surface area (Å²) in [6.07, 6.45) is 0.670. The van der Waals surface area contributed by atoms with Crippen LogP contribution in [-0.2, 0) is 6.42 Å². The first-order chi connectivity index (χ1) is 9.26. The maximum atomic E-state index is 10.7. The molecule has 0 spiro atoms. The molecule has 1 heterocycles. The Hall–Kier alpha value is -2.44. The van der Waals surface area contributed by atoms with Crippen LogP contribution in [-0.4, -0.2) is 15.1 Å². The van der Waals surface area contributed by atoms with E-state index in [9.17, 15) is 10.1 Å². The topological polar surface area (TPSA) is 108 Å². The molecule has 1 aromatic carbocycles. The first-order valence-corrected chi connectivity index (χ1v) is 6.13. The second-order valence-corrected chi connectivity index (χ2v) is 5.78. The Morgan fingerprint density at radius 3 is 2.65 bits per heavy atom. The highest BCUT2D eigenvalue weighted by atomic mass is 16.6. The predicted molar refractivity (Wildman–Crippen MR) is 74.0 cm³/mol. The first kappa shape index (κ1) is 14.0. The van der Waals surface area contributed by atoms with E-state index in [4.69, 9.17) is 10.3 Å². The molecule has 1 aromatic heterocycles. The van der Waals surface area contributed by atoms with Crippen LogP contribution in [0.2, 0.25) is 0 Å². The molecular weight excluding hydrogens is 260 g/mol. The number of aromatic nitrogens is 2. The third-order valence-corrected chi connectivity index (χ3v) is 2.63. The SMILES string of the molecule is CC(C)(C)Cc1noc(-c2ccc([N+](=O)[O-])cc2N)n1. The summed E-state index contributed by atoms with van der Waals surface area (Å²) in [7, 11) is 0. The molecule has 0 saturated carbocycles. The number of benzene rings is 1. The van der Waals surface area contributed by atoms with Gasteiger partial charge in [-0.15, -0.1) is 0 Å². The van der Waals surface area contributed by atoms with E-state index >= 15 is 0 Å². The van der Waals surface area contributed by atoms with Gasteiger partial charge in [0.25, 0.3) is 11.6 Å². The summed E-state index contributed by atoms with van der Waals surface area (Å²) in [6.45, 7) is 6.22. The standard InChI is InChI=1S/C13H16N4O3/c1-13(2,3)7-11-15-12(20-16-11)9-5-4-8(17(18)19)6-10(9)14/h4-6H,7,14H2,1-3H3. The fourth-order valence-corrected chi connectivity index (χ4v) is 1.77. The molecule has 106 valence electrons. The van der Waals surface area contributed by atoms with E-state index in [2.05, 4.69) is 30.9 Å². The zero-order chi connectivity index (χ0) is 14.9. The third-order valence-electron chi connectivity index (χ3n) is 2.63. The molecule has 7 nitrogen and oxygen atoms in total. The van der Waals surface area contributed by atoms with Crippen LogP contribution in [0.5, 0.6) is 0 Å². The van der Waals surface area contributed by atoms with Crippen LogP contribution in [0.1, 0.15) is 26.6 Å². The summed E-state index contributed by atoms with van der Waals surface area (Å²) in [5, 5.41) is 14.6. The van der Waals surface area contributed by atoms with Gasteiger partial charge in [-0.2, -0.15) is 4.98 Å². The molecule has 2 N–H and O–H groups in total. The van der Waals surface area contributed by atoms with Gasteiger partial charge in [-0.25, -0.2) is 0 Å². The van der Waals surface area contributed by atoms with Gasteiger partial charge in [0.2, 0.25) is 0 Å². The average Bonchev–Trinajstić information content (AvgIpc) is 2.74. The predicted octanol–water partition coefficient (Wildman–Crippen LogP) is 2.82. The second kappa shape index (κ2) is 4.92. The van der Waals surface area contributed by atoms with Crippen molar-refractivity contribution in [1.82, 2.24) is 10.1 Å². The molecule has 0 radical (unpaired) electrons. The minimum absolute atomic E-state index is 0.0438. The van der Waals surface area contributed by atoms with Crippen molar-refractivity contribution in [3.63, 3.8) is 0 Å². The van der Waals surface area contributed by atoms with Gasteiger partial charge in [-0.3, -0.25) is 10.1 Å². The number of anilines is 1. The molecule has 2 rings (SSSR count). The van der Waals surface area contributed by atoms with Crippen molar-refractivity contribution in [2.45, 2.75) is 27.2 Å². The maximum Gasteiger partial charge on any atom is 0.271 e. The van der Waals surface area contributed by atoms with Crippen LogP contribution >= 0.6 is 0 Å². The highest BCUT2D eigenvalue weighted by molar-refractivity contribution is 5.72. The lowest BCUT2D eigenvalue weighted by Crippen LogP contribution is -2.10. The smallest absolute Gasteiger partial charge is 0.271 e. The summed E-state index contributed by atoms with van der Waals surface area (Å²) < 4.78 is 5.17. The minimum Gasteiger partial charge on any atom is -0.398 e. The van der Waals surface area contributed by atoms with E-state index in [-0.39, 0.29) is 22.7 Å². The van der Waals surface area contributed by atoms with Gasteiger partial charge in [0, 0.05) is 18.6 Å². The van der Waals surface area contributed by atoms with E-state index in [0.29, 0.717) is 17.8 Å². The number of hydrogen-bond acceptors (Lipinski definition) is 6. The van der Waals surface area contributed by atoms with Gasteiger partial charge in [0.15, 0.2) is 5.82 Å². The maximum absolute atomic E-state index is 10.7. The van der Waals surface area contributed by atoms with Gasteiger partial charge in [-0.05, 0) is 11.5 Å². The summed E-state index contributed by atoms with van der Waals surface area (Å²) in [6, 6.07) is 4.16. The lowest BCUT2D eigenvalue weighted by Gasteiger charge is -2.14. The minimum atomic E-state index is -0.501. The quantitative estimate of drug-likeness (QED) is 0.524. The highest BCUT2D eigenvalue weighted by Gasteiger charge is 2.19. The molecule has 0 aliphatic rings. The van der Waals surface area contributed by atoms with Gasteiger partial charge >= 0.3 is 0 Å². The zero-order valence-electron chi connectivity index (χ0n) is 11.6. The number of hydrogen-bond donors (Lipinski definition) is 1. The molecule has 0 unspecified atom stereocenters. The Morgan fingerprint density at radius 1 is 1.40 bits per heavy atom.